The van der Waals surface area contributed by atoms with Gasteiger partial charge in [0.1, 0.15) is 0 Å². The molecule has 2 aromatic rings. The summed E-state index contributed by atoms with van der Waals surface area (Å²) < 4.78 is 0. The van der Waals surface area contributed by atoms with Crippen molar-refractivity contribution in [2.24, 2.45) is 22.0 Å². The van der Waals surface area contributed by atoms with Gasteiger partial charge < -0.3 is 11.3 Å². The highest BCUT2D eigenvalue weighted by atomic mass is 15.3. The highest BCUT2D eigenvalue weighted by Crippen LogP contribution is 2.39. The standard InChI is InChI=1S/C13H13N5/c14-16-10-1-3-12-8(6-10)5-9-7-11(17-18-15)2-4-13(9)12/h1-4,6-7,16H,5,14H2,(H2,15,17). The van der Waals surface area contributed by atoms with Crippen molar-refractivity contribution in [2.45, 2.75) is 6.42 Å². The normalized spacial score (nSPS) is 12.5. The summed E-state index contributed by atoms with van der Waals surface area (Å²) in [7, 11) is 0. The van der Waals surface area contributed by atoms with E-state index in [1.165, 1.54) is 22.3 Å². The van der Waals surface area contributed by atoms with Crippen LogP contribution in [-0.2, 0) is 6.42 Å². The smallest absolute Gasteiger partial charge is 0.0877 e. The number of nitrogens with one attached hydrogen (secondary N) is 1. The Hall–Kier alpha value is -2.40. The third kappa shape index (κ3) is 1.61. The lowest BCUT2D eigenvalue weighted by Crippen LogP contribution is -2.06. The number of rotatable bonds is 2. The number of hydrogen-bond donors (Lipinski definition) is 3. The van der Waals surface area contributed by atoms with E-state index in [9.17, 15) is 0 Å². The molecule has 5 N–H and O–H groups in total. The van der Waals surface area contributed by atoms with Crippen molar-refractivity contribution in [3.8, 4) is 11.1 Å². The van der Waals surface area contributed by atoms with E-state index in [4.69, 9.17) is 11.7 Å². The number of anilines is 1. The lowest BCUT2D eigenvalue weighted by molar-refractivity contribution is 1.06. The molecule has 3 rings (SSSR count). The molecular formula is C13H13N5. The third-order valence-corrected chi connectivity index (χ3v) is 3.21. The number of nitrogen functional groups attached to an aromatic ring is 1. The average Bonchev–Trinajstić information content (AvgIpc) is 2.75. The van der Waals surface area contributed by atoms with Gasteiger partial charge in [0.05, 0.1) is 5.69 Å². The van der Waals surface area contributed by atoms with Gasteiger partial charge in [-0.25, -0.2) is 0 Å². The number of hydrazine groups is 1. The van der Waals surface area contributed by atoms with Crippen LogP contribution in [0.2, 0.25) is 0 Å². The van der Waals surface area contributed by atoms with E-state index in [0.29, 0.717) is 0 Å². The molecule has 0 fully saturated rings. The van der Waals surface area contributed by atoms with Crippen LogP contribution in [0.1, 0.15) is 11.1 Å². The molecule has 5 heteroatoms. The van der Waals surface area contributed by atoms with Crippen molar-refractivity contribution in [3.05, 3.63) is 47.5 Å². The quantitative estimate of drug-likeness (QED) is 0.364. The zero-order chi connectivity index (χ0) is 12.5. The first-order chi connectivity index (χ1) is 8.81. The first kappa shape index (κ1) is 10.7. The largest absolute Gasteiger partial charge is 0.324 e. The summed E-state index contributed by atoms with van der Waals surface area (Å²) in [6.07, 6.45) is 0.883. The highest BCUT2D eigenvalue weighted by molar-refractivity contribution is 5.79. The van der Waals surface area contributed by atoms with Gasteiger partial charge in [0, 0.05) is 5.69 Å². The second-order valence-corrected chi connectivity index (χ2v) is 4.25. The number of fused-ring (bicyclic) bond motifs is 3. The highest BCUT2D eigenvalue weighted by Gasteiger charge is 2.18. The van der Waals surface area contributed by atoms with Crippen molar-refractivity contribution >= 4 is 11.4 Å². The zero-order valence-electron chi connectivity index (χ0n) is 9.72. The number of nitrogens with two attached hydrogens (primary N) is 2. The Balaban J connectivity index is 2.07. The maximum atomic E-state index is 5.42. The summed E-state index contributed by atoms with van der Waals surface area (Å²) in [6.45, 7) is 0. The van der Waals surface area contributed by atoms with Gasteiger partial charge in [-0.2, -0.15) is 0 Å². The van der Waals surface area contributed by atoms with Gasteiger partial charge in [-0.05, 0) is 52.9 Å². The molecule has 0 saturated carbocycles. The topological polar surface area (TPSA) is 88.8 Å². The van der Waals surface area contributed by atoms with Crippen LogP contribution in [0.25, 0.3) is 11.1 Å². The van der Waals surface area contributed by atoms with E-state index in [0.717, 1.165) is 17.8 Å². The monoisotopic (exact) mass is 239 g/mol. The minimum atomic E-state index is 0.779. The van der Waals surface area contributed by atoms with E-state index in [-0.39, 0.29) is 0 Å². The fraction of sp³-hybridized carbons (Fsp3) is 0.0769. The summed E-state index contributed by atoms with van der Waals surface area (Å²) in [5.74, 6) is 10.5. The second-order valence-electron chi connectivity index (χ2n) is 4.25. The molecule has 90 valence electrons. The number of benzene rings is 2. The number of hydrogen-bond acceptors (Lipinski definition) is 4. The van der Waals surface area contributed by atoms with Crippen LogP contribution in [0.5, 0.6) is 0 Å². The molecule has 1 aliphatic carbocycles. The predicted octanol–water partition coefficient (Wildman–Crippen LogP) is 2.50. The van der Waals surface area contributed by atoms with E-state index in [1.807, 2.05) is 18.2 Å². The van der Waals surface area contributed by atoms with Gasteiger partial charge in [-0.1, -0.05) is 17.4 Å². The summed E-state index contributed by atoms with van der Waals surface area (Å²) in [5, 5.41) is 7.16. The average molecular weight is 239 g/mol. The van der Waals surface area contributed by atoms with Crippen molar-refractivity contribution in [1.29, 1.82) is 0 Å². The molecule has 0 bridgehead atoms. The Morgan fingerprint density at radius 1 is 1.00 bits per heavy atom. The maximum Gasteiger partial charge on any atom is 0.0877 e. The molecule has 0 unspecified atom stereocenters. The molecule has 0 radical (unpaired) electrons. The third-order valence-electron chi connectivity index (χ3n) is 3.21. The molecule has 0 saturated heterocycles. The second kappa shape index (κ2) is 4.12. The van der Waals surface area contributed by atoms with Crippen LogP contribution < -0.4 is 17.1 Å². The molecule has 0 amide bonds. The Morgan fingerprint density at radius 2 is 1.72 bits per heavy atom. The maximum absolute atomic E-state index is 5.42. The zero-order valence-corrected chi connectivity index (χ0v) is 9.72. The summed E-state index contributed by atoms with van der Waals surface area (Å²) in [6, 6.07) is 12.1. The molecule has 5 nitrogen and oxygen atoms in total. The molecule has 0 atom stereocenters. The van der Waals surface area contributed by atoms with E-state index >= 15 is 0 Å². The lowest BCUT2D eigenvalue weighted by Gasteiger charge is -2.04. The molecule has 0 heterocycles. The fourth-order valence-electron chi connectivity index (χ4n) is 2.42. The minimum absolute atomic E-state index is 0.779. The van der Waals surface area contributed by atoms with Crippen molar-refractivity contribution < 1.29 is 0 Å². The predicted molar refractivity (Wildman–Crippen MR) is 71.2 cm³/mol. The first-order valence-corrected chi connectivity index (χ1v) is 5.65. The van der Waals surface area contributed by atoms with Crippen LogP contribution in [0, 0.1) is 0 Å². The molecule has 0 spiro atoms. The van der Waals surface area contributed by atoms with E-state index in [1.54, 1.807) is 0 Å². The van der Waals surface area contributed by atoms with Crippen LogP contribution >= 0.6 is 0 Å². The van der Waals surface area contributed by atoms with E-state index in [2.05, 4.69) is 34.0 Å². The van der Waals surface area contributed by atoms with Crippen molar-refractivity contribution in [2.75, 3.05) is 5.43 Å². The van der Waals surface area contributed by atoms with Gasteiger partial charge in [0.25, 0.3) is 0 Å². The summed E-state index contributed by atoms with van der Waals surface area (Å²) in [5.41, 5.74) is 9.36. The van der Waals surface area contributed by atoms with E-state index < -0.39 is 0 Å². The molecule has 0 aliphatic heterocycles. The molecule has 18 heavy (non-hydrogen) atoms. The fourth-order valence-corrected chi connectivity index (χ4v) is 2.42. The van der Waals surface area contributed by atoms with Crippen LogP contribution in [0.3, 0.4) is 0 Å². The lowest BCUT2D eigenvalue weighted by atomic mass is 10.1. The van der Waals surface area contributed by atoms with Gasteiger partial charge in [-0.15, -0.1) is 5.11 Å². The molecule has 2 aromatic carbocycles. The summed E-state index contributed by atoms with van der Waals surface area (Å²) in [4.78, 5) is 0. The Morgan fingerprint density at radius 3 is 2.44 bits per heavy atom. The SMILES string of the molecule is NN=Nc1ccc2c(c1)Cc1cc(NN)ccc1-2. The molecule has 0 aromatic heterocycles. The Kier molecular flexibility index (Phi) is 2.46. The van der Waals surface area contributed by atoms with Crippen molar-refractivity contribution in [1.82, 2.24) is 0 Å². The van der Waals surface area contributed by atoms with Gasteiger partial charge in [0.15, 0.2) is 0 Å². The molecular weight excluding hydrogens is 226 g/mol. The Labute approximate surface area is 104 Å². The van der Waals surface area contributed by atoms with Gasteiger partial charge in [0.2, 0.25) is 0 Å². The van der Waals surface area contributed by atoms with Crippen LogP contribution in [-0.4, -0.2) is 0 Å². The molecule has 1 aliphatic rings. The Bertz CT molecular complexity index is 633. The van der Waals surface area contributed by atoms with Crippen LogP contribution in [0.15, 0.2) is 46.7 Å². The first-order valence-electron chi connectivity index (χ1n) is 5.65. The summed E-state index contributed by atoms with van der Waals surface area (Å²) >= 11 is 0. The van der Waals surface area contributed by atoms with Crippen LogP contribution in [0.4, 0.5) is 11.4 Å². The van der Waals surface area contributed by atoms with Crippen molar-refractivity contribution in [3.63, 3.8) is 0 Å². The minimum Gasteiger partial charge on any atom is -0.324 e. The number of nitrogens with zero attached hydrogens (tertiary/aromatic N) is 2. The van der Waals surface area contributed by atoms with Gasteiger partial charge >= 0.3 is 0 Å². The van der Waals surface area contributed by atoms with Gasteiger partial charge in [-0.3, -0.25) is 5.84 Å².